The number of anilines is 2. The van der Waals surface area contributed by atoms with E-state index in [0.29, 0.717) is 12.6 Å². The van der Waals surface area contributed by atoms with Gasteiger partial charge in [0.15, 0.2) is 0 Å². The summed E-state index contributed by atoms with van der Waals surface area (Å²) in [6.07, 6.45) is 17.7. The van der Waals surface area contributed by atoms with Crippen molar-refractivity contribution >= 4 is 17.5 Å². The number of rotatable bonds is 5. The topological polar surface area (TPSA) is 105 Å². The second-order valence-corrected chi connectivity index (χ2v) is 9.93. The standard InChI is InChI=1S/C28H36N6O2/c35-27(20-9-6-4-2-1-3-5-7-10-20)33-25-11-8-16-36-26-17-21(12-13-23(25)26)24-14-15-29-28(34-24)32-22-18-30-31-19-22/h12-15,17-20,25H,1-11,16H2,(H,30,31)(H,33,35)(H,29,32,34)/t25-/m1/s1. The number of benzene rings is 1. The van der Waals surface area contributed by atoms with Crippen LogP contribution in [0.3, 0.4) is 0 Å². The van der Waals surface area contributed by atoms with Gasteiger partial charge in [-0.25, -0.2) is 9.97 Å². The van der Waals surface area contributed by atoms with Gasteiger partial charge in [-0.1, -0.05) is 57.1 Å². The molecule has 8 heteroatoms. The van der Waals surface area contributed by atoms with Crippen LogP contribution in [0.1, 0.15) is 82.2 Å². The first kappa shape index (κ1) is 24.3. The summed E-state index contributed by atoms with van der Waals surface area (Å²) in [4.78, 5) is 22.3. The van der Waals surface area contributed by atoms with Gasteiger partial charge in [-0.05, 0) is 37.8 Å². The molecule has 1 amide bonds. The van der Waals surface area contributed by atoms with Gasteiger partial charge >= 0.3 is 0 Å². The molecule has 3 N–H and O–H groups in total. The number of H-pyrrole nitrogens is 1. The summed E-state index contributed by atoms with van der Waals surface area (Å²) in [6.45, 7) is 0.642. The van der Waals surface area contributed by atoms with Gasteiger partial charge in [-0.2, -0.15) is 5.10 Å². The van der Waals surface area contributed by atoms with Crippen LogP contribution in [0.5, 0.6) is 5.75 Å². The molecule has 1 aliphatic carbocycles. The van der Waals surface area contributed by atoms with Crippen LogP contribution in [-0.4, -0.2) is 32.7 Å². The number of fused-ring (bicyclic) bond motifs is 1. The maximum absolute atomic E-state index is 13.3. The quantitative estimate of drug-likeness (QED) is 0.402. The minimum Gasteiger partial charge on any atom is -0.493 e. The Balaban J connectivity index is 1.31. The molecular formula is C28H36N6O2. The fraction of sp³-hybridized carbons (Fsp3) is 0.500. The van der Waals surface area contributed by atoms with E-state index < -0.39 is 0 Å². The van der Waals surface area contributed by atoms with Gasteiger partial charge < -0.3 is 15.4 Å². The van der Waals surface area contributed by atoms with Crippen molar-refractivity contribution in [3.05, 3.63) is 48.4 Å². The van der Waals surface area contributed by atoms with Crippen LogP contribution < -0.4 is 15.4 Å². The van der Waals surface area contributed by atoms with Crippen LogP contribution >= 0.6 is 0 Å². The van der Waals surface area contributed by atoms with E-state index in [9.17, 15) is 4.79 Å². The van der Waals surface area contributed by atoms with Crippen molar-refractivity contribution in [2.75, 3.05) is 11.9 Å². The van der Waals surface area contributed by atoms with Gasteiger partial charge in [-0.3, -0.25) is 9.89 Å². The number of nitrogens with one attached hydrogen (secondary N) is 3. The summed E-state index contributed by atoms with van der Waals surface area (Å²) in [6, 6.07) is 8.04. The molecular weight excluding hydrogens is 452 g/mol. The molecule has 1 aliphatic heterocycles. The normalized spacial score (nSPS) is 19.4. The van der Waals surface area contributed by atoms with Crippen LogP contribution in [0.2, 0.25) is 0 Å². The van der Waals surface area contributed by atoms with Crippen LogP contribution in [0.15, 0.2) is 42.9 Å². The molecule has 1 aromatic carbocycles. The molecule has 0 unspecified atom stereocenters. The van der Waals surface area contributed by atoms with Gasteiger partial charge in [0.05, 0.1) is 30.2 Å². The smallest absolute Gasteiger partial charge is 0.227 e. The zero-order valence-electron chi connectivity index (χ0n) is 20.8. The highest BCUT2D eigenvalue weighted by Crippen LogP contribution is 2.35. The van der Waals surface area contributed by atoms with E-state index in [4.69, 9.17) is 4.74 Å². The molecule has 0 saturated heterocycles. The van der Waals surface area contributed by atoms with Gasteiger partial charge in [0.2, 0.25) is 11.9 Å². The molecule has 0 radical (unpaired) electrons. The molecule has 2 aromatic heterocycles. The lowest BCUT2D eigenvalue weighted by Crippen LogP contribution is -2.34. The Kier molecular flexibility index (Phi) is 8.10. The Morgan fingerprint density at radius 1 is 0.972 bits per heavy atom. The average molecular weight is 489 g/mol. The van der Waals surface area contributed by atoms with E-state index in [0.717, 1.165) is 66.8 Å². The van der Waals surface area contributed by atoms with Crippen molar-refractivity contribution in [3.8, 4) is 17.0 Å². The molecule has 3 aromatic rings. The highest BCUT2D eigenvalue weighted by molar-refractivity contribution is 5.79. The Morgan fingerprint density at radius 2 is 1.78 bits per heavy atom. The van der Waals surface area contributed by atoms with E-state index in [1.165, 1.54) is 32.1 Å². The number of nitrogens with zero attached hydrogens (tertiary/aromatic N) is 3. The molecule has 8 nitrogen and oxygen atoms in total. The summed E-state index contributed by atoms with van der Waals surface area (Å²) in [7, 11) is 0. The number of hydrogen-bond donors (Lipinski definition) is 3. The SMILES string of the molecule is O=C(N[C@@H]1CCCOc2cc(-c3ccnc(Nc4cn[nH]c4)n3)ccc21)C1CCCCCCCCC1. The second kappa shape index (κ2) is 12.0. The minimum absolute atomic E-state index is 0.0248. The Morgan fingerprint density at radius 3 is 2.56 bits per heavy atom. The van der Waals surface area contributed by atoms with Crippen molar-refractivity contribution in [3.63, 3.8) is 0 Å². The van der Waals surface area contributed by atoms with Gasteiger partial charge in [-0.15, -0.1) is 0 Å². The first-order valence-corrected chi connectivity index (χ1v) is 13.4. The number of hydrogen-bond acceptors (Lipinski definition) is 6. The summed E-state index contributed by atoms with van der Waals surface area (Å²) >= 11 is 0. The lowest BCUT2D eigenvalue weighted by Gasteiger charge is -2.23. The van der Waals surface area contributed by atoms with Gasteiger partial charge in [0.25, 0.3) is 0 Å². The fourth-order valence-corrected chi connectivity index (χ4v) is 5.27. The molecule has 2 aliphatic rings. The van der Waals surface area contributed by atoms with E-state index in [1.54, 1.807) is 18.6 Å². The number of aromatic amines is 1. The predicted octanol–water partition coefficient (Wildman–Crippen LogP) is 6.08. The lowest BCUT2D eigenvalue weighted by atomic mass is 9.90. The van der Waals surface area contributed by atoms with Crippen molar-refractivity contribution < 1.29 is 9.53 Å². The first-order chi connectivity index (χ1) is 17.8. The third-order valence-corrected chi connectivity index (χ3v) is 7.28. The zero-order valence-corrected chi connectivity index (χ0v) is 20.8. The van der Waals surface area contributed by atoms with E-state index in [-0.39, 0.29) is 17.9 Å². The van der Waals surface area contributed by atoms with Crippen LogP contribution in [-0.2, 0) is 4.79 Å². The van der Waals surface area contributed by atoms with Crippen LogP contribution in [0.25, 0.3) is 11.3 Å². The Labute approximate surface area is 212 Å². The average Bonchev–Trinajstić information content (AvgIpc) is 3.33. The van der Waals surface area contributed by atoms with Crippen molar-refractivity contribution in [2.45, 2.75) is 76.7 Å². The highest BCUT2D eigenvalue weighted by Gasteiger charge is 2.26. The number of amides is 1. The largest absolute Gasteiger partial charge is 0.493 e. The first-order valence-electron chi connectivity index (χ1n) is 13.4. The number of carbonyl (C=O) groups is 1. The predicted molar refractivity (Wildman–Crippen MR) is 140 cm³/mol. The van der Waals surface area contributed by atoms with E-state index in [1.807, 2.05) is 12.1 Å². The van der Waals surface area contributed by atoms with Crippen LogP contribution in [0.4, 0.5) is 11.6 Å². The second-order valence-electron chi connectivity index (χ2n) is 9.93. The molecule has 5 rings (SSSR count). The molecule has 190 valence electrons. The monoisotopic (exact) mass is 488 g/mol. The molecule has 1 fully saturated rings. The van der Waals surface area contributed by atoms with Gasteiger partial charge in [0.1, 0.15) is 5.75 Å². The number of ether oxygens (including phenoxy) is 1. The third kappa shape index (κ3) is 6.22. The Bertz CT molecular complexity index is 1120. The number of aromatic nitrogens is 4. The molecule has 0 spiro atoms. The maximum atomic E-state index is 13.3. The molecule has 1 saturated carbocycles. The number of carbonyl (C=O) groups excluding carboxylic acids is 1. The van der Waals surface area contributed by atoms with Gasteiger partial charge in [0, 0.05) is 29.4 Å². The highest BCUT2D eigenvalue weighted by atomic mass is 16.5. The maximum Gasteiger partial charge on any atom is 0.227 e. The summed E-state index contributed by atoms with van der Waals surface area (Å²) in [5, 5.41) is 13.3. The Hall–Kier alpha value is -3.42. The lowest BCUT2D eigenvalue weighted by molar-refractivity contribution is -0.126. The van der Waals surface area contributed by atoms with Crippen molar-refractivity contribution in [1.82, 2.24) is 25.5 Å². The summed E-state index contributed by atoms with van der Waals surface area (Å²) in [5.41, 5.74) is 3.60. The summed E-state index contributed by atoms with van der Waals surface area (Å²) in [5.74, 6) is 1.66. The molecule has 0 bridgehead atoms. The molecule has 3 heterocycles. The van der Waals surface area contributed by atoms with E-state index in [2.05, 4.69) is 42.9 Å². The molecule has 36 heavy (non-hydrogen) atoms. The third-order valence-electron chi connectivity index (χ3n) is 7.28. The molecule has 1 atom stereocenters. The fourth-order valence-electron chi connectivity index (χ4n) is 5.27. The minimum atomic E-state index is -0.0248. The zero-order chi connectivity index (χ0) is 24.6. The van der Waals surface area contributed by atoms with E-state index >= 15 is 0 Å². The van der Waals surface area contributed by atoms with Crippen molar-refractivity contribution in [1.29, 1.82) is 0 Å². The summed E-state index contributed by atoms with van der Waals surface area (Å²) < 4.78 is 6.13. The van der Waals surface area contributed by atoms with Crippen molar-refractivity contribution in [2.24, 2.45) is 5.92 Å². The van der Waals surface area contributed by atoms with Crippen LogP contribution in [0, 0.1) is 5.92 Å².